The Bertz CT molecular complexity index is 212. The fraction of sp³-hybridized carbons (Fsp3) is 0.750. The van der Waals surface area contributed by atoms with Crippen LogP contribution in [-0.2, 0) is 14.3 Å². The maximum absolute atomic E-state index is 11.2. The molecular weight excluding hydrogens is 174 g/mol. The van der Waals surface area contributed by atoms with Crippen LogP contribution in [0.4, 0.5) is 0 Å². The molecule has 1 aliphatic carbocycles. The number of carboxylic acids is 1. The van der Waals surface area contributed by atoms with E-state index in [1.54, 1.807) is 6.92 Å². The van der Waals surface area contributed by atoms with Gasteiger partial charge in [-0.2, -0.15) is 0 Å². The third-order valence-corrected chi connectivity index (χ3v) is 1.75. The molecule has 74 valence electrons. The number of carbonyl (C=O) groups excluding carboxylic acids is 1. The second-order valence-corrected chi connectivity index (χ2v) is 3.13. The lowest BCUT2D eigenvalue weighted by Gasteiger charge is -2.10. The number of amides is 1. The number of aliphatic carboxylic acids is 1. The first-order valence-electron chi connectivity index (χ1n) is 4.23. The number of hydrogen-bond donors (Lipinski definition) is 2. The van der Waals surface area contributed by atoms with Crippen molar-refractivity contribution >= 4 is 11.9 Å². The van der Waals surface area contributed by atoms with Gasteiger partial charge in [-0.1, -0.05) is 0 Å². The van der Waals surface area contributed by atoms with E-state index in [4.69, 9.17) is 9.84 Å². The predicted molar refractivity (Wildman–Crippen MR) is 44.2 cm³/mol. The Morgan fingerprint density at radius 2 is 2.23 bits per heavy atom. The van der Waals surface area contributed by atoms with E-state index in [0.717, 1.165) is 12.8 Å². The molecule has 13 heavy (non-hydrogen) atoms. The Labute approximate surface area is 76.1 Å². The van der Waals surface area contributed by atoms with Crippen LogP contribution in [0.5, 0.6) is 0 Å². The van der Waals surface area contributed by atoms with Crippen molar-refractivity contribution in [2.45, 2.75) is 31.9 Å². The largest absolute Gasteiger partial charge is 0.480 e. The molecule has 0 aromatic heterocycles. The van der Waals surface area contributed by atoms with Crippen LogP contribution in [0.1, 0.15) is 19.8 Å². The smallest absolute Gasteiger partial charge is 0.329 e. The molecule has 1 fully saturated rings. The Morgan fingerprint density at radius 1 is 1.62 bits per heavy atom. The summed E-state index contributed by atoms with van der Waals surface area (Å²) in [7, 11) is 0. The molecule has 0 spiro atoms. The number of carboxylic acid groups (broad SMARTS) is 1. The van der Waals surface area contributed by atoms with Gasteiger partial charge in [0.05, 0.1) is 0 Å². The van der Waals surface area contributed by atoms with Crippen molar-refractivity contribution in [3.8, 4) is 0 Å². The molecule has 1 unspecified atom stereocenters. The van der Waals surface area contributed by atoms with Crippen LogP contribution in [-0.4, -0.2) is 35.7 Å². The maximum Gasteiger partial charge on any atom is 0.329 e. The molecule has 0 aromatic rings. The fourth-order valence-corrected chi connectivity index (χ4v) is 0.818. The summed E-state index contributed by atoms with van der Waals surface area (Å²) in [5.74, 6) is -1.30. The highest BCUT2D eigenvalue weighted by atomic mass is 16.5. The zero-order chi connectivity index (χ0) is 9.84. The van der Waals surface area contributed by atoms with E-state index in [1.807, 2.05) is 0 Å². The zero-order valence-corrected chi connectivity index (χ0v) is 7.45. The molecule has 0 bridgehead atoms. The molecule has 1 aliphatic rings. The molecule has 1 amide bonds. The molecule has 0 aromatic carbocycles. The number of rotatable bonds is 5. The molecule has 0 radical (unpaired) electrons. The Balaban J connectivity index is 2.16. The number of ether oxygens (including phenoxy) is 1. The van der Waals surface area contributed by atoms with Crippen molar-refractivity contribution < 1.29 is 19.4 Å². The third-order valence-electron chi connectivity index (χ3n) is 1.75. The highest BCUT2D eigenvalue weighted by molar-refractivity contribution is 5.81. The van der Waals surface area contributed by atoms with Crippen molar-refractivity contribution in [1.29, 1.82) is 0 Å². The van der Waals surface area contributed by atoms with Gasteiger partial charge in [0.2, 0.25) is 5.91 Å². The number of carbonyl (C=O) groups is 2. The van der Waals surface area contributed by atoms with Crippen LogP contribution in [0.2, 0.25) is 0 Å². The van der Waals surface area contributed by atoms with E-state index in [-0.39, 0.29) is 11.9 Å². The first-order chi connectivity index (χ1) is 6.09. The fourth-order valence-electron chi connectivity index (χ4n) is 0.818. The quantitative estimate of drug-likeness (QED) is 0.622. The lowest BCUT2D eigenvalue weighted by atomic mass is 10.3. The van der Waals surface area contributed by atoms with Gasteiger partial charge in [0.1, 0.15) is 12.7 Å². The standard InChI is InChI=1S/C8H13NO4/c1-5(13-4-7(10)11)8(12)9-6-2-3-6/h5-6H,2-4H2,1H3,(H,9,12)(H,10,11). The van der Waals surface area contributed by atoms with Crippen LogP contribution >= 0.6 is 0 Å². The van der Waals surface area contributed by atoms with Crippen molar-refractivity contribution in [3.05, 3.63) is 0 Å². The summed E-state index contributed by atoms with van der Waals surface area (Å²) in [6.45, 7) is 1.11. The SMILES string of the molecule is CC(OCC(=O)O)C(=O)NC1CC1. The van der Waals surface area contributed by atoms with Gasteiger partial charge in [-0.25, -0.2) is 4.79 Å². The summed E-state index contributed by atoms with van der Waals surface area (Å²) in [6.07, 6.45) is 1.34. The minimum absolute atomic E-state index is 0.233. The molecule has 0 heterocycles. The zero-order valence-electron chi connectivity index (χ0n) is 7.45. The summed E-state index contributed by atoms with van der Waals surface area (Å²) in [5, 5.41) is 11.0. The lowest BCUT2D eigenvalue weighted by Crippen LogP contribution is -2.36. The molecule has 1 rings (SSSR count). The molecule has 2 N–H and O–H groups in total. The van der Waals surface area contributed by atoms with Crippen molar-refractivity contribution in [2.75, 3.05) is 6.61 Å². The van der Waals surface area contributed by atoms with E-state index in [2.05, 4.69) is 5.32 Å². The van der Waals surface area contributed by atoms with E-state index < -0.39 is 18.7 Å². The normalized spacial score (nSPS) is 17.9. The monoisotopic (exact) mass is 187 g/mol. The summed E-state index contributed by atoms with van der Waals surface area (Å²) in [5.41, 5.74) is 0. The van der Waals surface area contributed by atoms with Crippen LogP contribution < -0.4 is 5.32 Å². The van der Waals surface area contributed by atoms with Gasteiger partial charge in [0, 0.05) is 6.04 Å². The molecule has 1 saturated carbocycles. The van der Waals surface area contributed by atoms with Gasteiger partial charge in [-0.3, -0.25) is 4.79 Å². The van der Waals surface area contributed by atoms with Crippen LogP contribution in [0.3, 0.4) is 0 Å². The number of nitrogens with one attached hydrogen (secondary N) is 1. The number of hydrogen-bond acceptors (Lipinski definition) is 3. The van der Waals surface area contributed by atoms with Gasteiger partial charge in [-0.15, -0.1) is 0 Å². The first kappa shape index (κ1) is 9.98. The van der Waals surface area contributed by atoms with E-state index in [0.29, 0.717) is 0 Å². The summed E-state index contributed by atoms with van der Waals surface area (Å²) in [4.78, 5) is 21.3. The average molecular weight is 187 g/mol. The van der Waals surface area contributed by atoms with E-state index in [1.165, 1.54) is 0 Å². The molecule has 0 saturated heterocycles. The maximum atomic E-state index is 11.2. The topological polar surface area (TPSA) is 75.6 Å². The molecule has 5 nitrogen and oxygen atoms in total. The summed E-state index contributed by atoms with van der Waals surface area (Å²) in [6, 6.07) is 0.281. The third kappa shape index (κ3) is 3.89. The van der Waals surface area contributed by atoms with Crippen molar-refractivity contribution in [3.63, 3.8) is 0 Å². The van der Waals surface area contributed by atoms with Gasteiger partial charge >= 0.3 is 5.97 Å². The predicted octanol–water partition coefficient (Wildman–Crippen LogP) is -0.245. The van der Waals surface area contributed by atoms with Gasteiger partial charge in [-0.05, 0) is 19.8 Å². The van der Waals surface area contributed by atoms with E-state index in [9.17, 15) is 9.59 Å². The lowest BCUT2D eigenvalue weighted by molar-refractivity contribution is -0.147. The summed E-state index contributed by atoms with van der Waals surface area (Å²) >= 11 is 0. The van der Waals surface area contributed by atoms with Gasteiger partial charge < -0.3 is 15.2 Å². The summed E-state index contributed by atoms with van der Waals surface area (Å²) < 4.78 is 4.78. The molecule has 0 aliphatic heterocycles. The molecule has 1 atom stereocenters. The molecule has 5 heteroatoms. The second-order valence-electron chi connectivity index (χ2n) is 3.13. The average Bonchev–Trinajstić information content (AvgIpc) is 2.83. The van der Waals surface area contributed by atoms with Crippen LogP contribution in [0.15, 0.2) is 0 Å². The van der Waals surface area contributed by atoms with Gasteiger partial charge in [0.15, 0.2) is 0 Å². The van der Waals surface area contributed by atoms with Crippen LogP contribution in [0, 0.1) is 0 Å². The van der Waals surface area contributed by atoms with E-state index >= 15 is 0 Å². The Kier molecular flexibility index (Phi) is 3.25. The Morgan fingerprint density at radius 3 is 2.69 bits per heavy atom. The minimum atomic E-state index is -1.06. The first-order valence-corrected chi connectivity index (χ1v) is 4.23. The second kappa shape index (κ2) is 4.23. The van der Waals surface area contributed by atoms with Crippen LogP contribution in [0.25, 0.3) is 0 Å². The highest BCUT2D eigenvalue weighted by Gasteiger charge is 2.25. The molecular formula is C8H13NO4. The van der Waals surface area contributed by atoms with Crippen molar-refractivity contribution in [2.24, 2.45) is 0 Å². The van der Waals surface area contributed by atoms with Crippen molar-refractivity contribution in [1.82, 2.24) is 5.32 Å². The minimum Gasteiger partial charge on any atom is -0.480 e. The van der Waals surface area contributed by atoms with Gasteiger partial charge in [0.25, 0.3) is 0 Å². The highest BCUT2D eigenvalue weighted by Crippen LogP contribution is 2.18. The Hall–Kier alpha value is -1.10.